The summed E-state index contributed by atoms with van der Waals surface area (Å²) in [7, 11) is 0. The highest BCUT2D eigenvalue weighted by Gasteiger charge is 1.91. The zero-order valence-electron chi connectivity index (χ0n) is 8.68. The predicted molar refractivity (Wildman–Crippen MR) is 69.7 cm³/mol. The lowest BCUT2D eigenvalue weighted by molar-refractivity contribution is 1.05. The summed E-state index contributed by atoms with van der Waals surface area (Å²) in [5.41, 5.74) is 2.22. The van der Waals surface area contributed by atoms with E-state index in [0.717, 1.165) is 15.7 Å². The van der Waals surface area contributed by atoms with Gasteiger partial charge in [-0.15, -0.1) is 0 Å². The first-order valence-corrected chi connectivity index (χ1v) is 5.79. The van der Waals surface area contributed by atoms with Crippen LogP contribution in [0.4, 0.5) is 0 Å². The highest BCUT2D eigenvalue weighted by Crippen LogP contribution is 2.07. The average molecular weight is 275 g/mol. The van der Waals surface area contributed by atoms with Gasteiger partial charge in [0.05, 0.1) is 6.54 Å². The van der Waals surface area contributed by atoms with Crippen molar-refractivity contribution >= 4 is 22.1 Å². The summed E-state index contributed by atoms with van der Waals surface area (Å²) in [6.07, 6.45) is 3.70. The molecular weight excluding hydrogens is 264 g/mol. The van der Waals surface area contributed by atoms with Gasteiger partial charge >= 0.3 is 0 Å². The molecule has 0 fully saturated rings. The van der Waals surface area contributed by atoms with E-state index in [2.05, 4.69) is 25.9 Å². The van der Waals surface area contributed by atoms with Gasteiger partial charge in [-0.2, -0.15) is 0 Å². The quantitative estimate of drug-likeness (QED) is 0.622. The van der Waals surface area contributed by atoms with Crippen LogP contribution in [0.5, 0.6) is 0 Å². The minimum Gasteiger partial charge on any atom is -0.288 e. The summed E-state index contributed by atoms with van der Waals surface area (Å²) in [5.74, 6) is 0. The van der Waals surface area contributed by atoms with Gasteiger partial charge in [0.15, 0.2) is 0 Å². The van der Waals surface area contributed by atoms with E-state index in [0.29, 0.717) is 6.54 Å². The lowest BCUT2D eigenvalue weighted by Gasteiger charge is -1.96. The number of hydrogen-bond acceptors (Lipinski definition) is 2. The molecule has 0 saturated heterocycles. The maximum atomic E-state index is 4.36. The minimum atomic E-state index is 0.662. The van der Waals surface area contributed by atoms with Gasteiger partial charge in [-0.25, -0.2) is 4.98 Å². The van der Waals surface area contributed by atoms with E-state index in [9.17, 15) is 0 Å². The van der Waals surface area contributed by atoms with Crippen molar-refractivity contribution in [3.05, 3.63) is 64.4 Å². The van der Waals surface area contributed by atoms with Crippen LogP contribution in [0.1, 0.15) is 11.1 Å². The molecule has 0 atom stereocenters. The number of pyridine rings is 1. The maximum Gasteiger partial charge on any atom is 0.106 e. The lowest BCUT2D eigenvalue weighted by Crippen LogP contribution is -1.85. The van der Waals surface area contributed by atoms with Crippen molar-refractivity contribution in [3.8, 4) is 0 Å². The molecular formula is C13H11BrN2. The summed E-state index contributed by atoms with van der Waals surface area (Å²) in [6, 6.07) is 14.0. The SMILES string of the molecule is Brc1ccc(CN=Cc2ccccc2)cn1. The molecule has 0 saturated carbocycles. The zero-order valence-corrected chi connectivity index (χ0v) is 10.3. The van der Waals surface area contributed by atoms with Gasteiger partial charge in [-0.05, 0) is 33.1 Å². The fraction of sp³-hybridized carbons (Fsp3) is 0.0769. The Bertz CT molecular complexity index is 463. The van der Waals surface area contributed by atoms with Crippen molar-refractivity contribution in [1.29, 1.82) is 0 Å². The number of hydrogen-bond donors (Lipinski definition) is 0. The van der Waals surface area contributed by atoms with E-state index in [4.69, 9.17) is 0 Å². The third-order valence-corrected chi connectivity index (χ3v) is 2.57. The van der Waals surface area contributed by atoms with E-state index < -0.39 is 0 Å². The number of aromatic nitrogens is 1. The Morgan fingerprint density at radius 3 is 2.62 bits per heavy atom. The fourth-order valence-corrected chi connectivity index (χ4v) is 1.53. The van der Waals surface area contributed by atoms with Crippen molar-refractivity contribution in [3.63, 3.8) is 0 Å². The number of halogens is 1. The predicted octanol–water partition coefficient (Wildman–Crippen LogP) is 3.46. The zero-order chi connectivity index (χ0) is 11.2. The van der Waals surface area contributed by atoms with Crippen LogP contribution < -0.4 is 0 Å². The Labute approximate surface area is 103 Å². The third kappa shape index (κ3) is 3.28. The molecule has 0 amide bonds. The average Bonchev–Trinajstić information content (AvgIpc) is 2.33. The van der Waals surface area contributed by atoms with Crippen LogP contribution in [0.2, 0.25) is 0 Å². The van der Waals surface area contributed by atoms with Crippen LogP contribution in [0.15, 0.2) is 58.3 Å². The van der Waals surface area contributed by atoms with E-state index >= 15 is 0 Å². The fourth-order valence-electron chi connectivity index (χ4n) is 1.30. The highest BCUT2D eigenvalue weighted by molar-refractivity contribution is 9.10. The Kier molecular flexibility index (Phi) is 3.83. The molecule has 1 aromatic heterocycles. The summed E-state index contributed by atoms with van der Waals surface area (Å²) in [4.78, 5) is 8.51. The monoisotopic (exact) mass is 274 g/mol. The van der Waals surface area contributed by atoms with Crippen molar-refractivity contribution < 1.29 is 0 Å². The van der Waals surface area contributed by atoms with E-state index in [1.54, 1.807) is 0 Å². The Hall–Kier alpha value is -1.48. The first-order chi connectivity index (χ1) is 7.84. The molecule has 80 valence electrons. The molecule has 3 heteroatoms. The number of aliphatic imine (C=N–C) groups is 1. The van der Waals surface area contributed by atoms with E-state index in [1.165, 1.54) is 0 Å². The van der Waals surface area contributed by atoms with Gasteiger partial charge in [0, 0.05) is 12.4 Å². The molecule has 1 aromatic carbocycles. The van der Waals surface area contributed by atoms with Crippen LogP contribution in [0.3, 0.4) is 0 Å². The van der Waals surface area contributed by atoms with E-state index in [1.807, 2.05) is 54.9 Å². The largest absolute Gasteiger partial charge is 0.288 e. The second-order valence-corrected chi connectivity index (χ2v) is 4.18. The maximum absolute atomic E-state index is 4.36. The van der Waals surface area contributed by atoms with Gasteiger partial charge in [-0.3, -0.25) is 4.99 Å². The molecule has 0 N–H and O–H groups in total. The normalized spacial score (nSPS) is 10.8. The van der Waals surface area contributed by atoms with Crippen molar-refractivity contribution in [2.24, 2.45) is 4.99 Å². The van der Waals surface area contributed by atoms with Gasteiger partial charge in [0.2, 0.25) is 0 Å². The second-order valence-electron chi connectivity index (χ2n) is 3.37. The van der Waals surface area contributed by atoms with Crippen molar-refractivity contribution in [2.75, 3.05) is 0 Å². The van der Waals surface area contributed by atoms with Crippen LogP contribution >= 0.6 is 15.9 Å². The molecule has 0 radical (unpaired) electrons. The molecule has 2 nitrogen and oxygen atoms in total. The minimum absolute atomic E-state index is 0.662. The molecule has 1 heterocycles. The van der Waals surface area contributed by atoms with Crippen molar-refractivity contribution in [2.45, 2.75) is 6.54 Å². The standard InChI is InChI=1S/C13H11BrN2/c14-13-7-6-12(10-16-13)9-15-8-11-4-2-1-3-5-11/h1-8,10H,9H2. The van der Waals surface area contributed by atoms with Gasteiger partial charge in [0.1, 0.15) is 4.60 Å². The second kappa shape index (κ2) is 5.56. The molecule has 0 spiro atoms. The molecule has 0 aliphatic carbocycles. The summed E-state index contributed by atoms with van der Waals surface area (Å²) in [5, 5.41) is 0. The molecule has 0 aliphatic heterocycles. The van der Waals surface area contributed by atoms with Crippen LogP contribution in [0.25, 0.3) is 0 Å². The molecule has 0 unspecified atom stereocenters. The third-order valence-electron chi connectivity index (χ3n) is 2.10. The lowest BCUT2D eigenvalue weighted by atomic mass is 10.2. The number of benzene rings is 1. The number of rotatable bonds is 3. The molecule has 0 bridgehead atoms. The van der Waals surface area contributed by atoms with Crippen molar-refractivity contribution in [1.82, 2.24) is 4.98 Å². The van der Waals surface area contributed by atoms with Crippen LogP contribution in [-0.4, -0.2) is 11.2 Å². The molecule has 2 rings (SSSR count). The molecule has 2 aromatic rings. The smallest absolute Gasteiger partial charge is 0.106 e. The Morgan fingerprint density at radius 1 is 1.12 bits per heavy atom. The summed E-state index contributed by atoms with van der Waals surface area (Å²) < 4.78 is 0.850. The van der Waals surface area contributed by atoms with E-state index in [-0.39, 0.29) is 0 Å². The first kappa shape index (κ1) is 11.0. The van der Waals surface area contributed by atoms with Gasteiger partial charge in [-0.1, -0.05) is 36.4 Å². The van der Waals surface area contributed by atoms with Crippen LogP contribution in [-0.2, 0) is 6.54 Å². The highest BCUT2D eigenvalue weighted by atomic mass is 79.9. The van der Waals surface area contributed by atoms with Gasteiger partial charge in [0.25, 0.3) is 0 Å². The summed E-state index contributed by atoms with van der Waals surface area (Å²) >= 11 is 3.30. The van der Waals surface area contributed by atoms with Crippen LogP contribution in [0, 0.1) is 0 Å². The summed E-state index contributed by atoms with van der Waals surface area (Å²) in [6.45, 7) is 0.662. The first-order valence-electron chi connectivity index (χ1n) is 5.00. The van der Waals surface area contributed by atoms with Gasteiger partial charge < -0.3 is 0 Å². The topological polar surface area (TPSA) is 25.2 Å². The Morgan fingerprint density at radius 2 is 1.94 bits per heavy atom. The Balaban J connectivity index is 1.97. The molecule has 0 aliphatic rings. The number of nitrogens with zero attached hydrogens (tertiary/aromatic N) is 2. The molecule has 16 heavy (non-hydrogen) atoms.